The Labute approximate surface area is 98.9 Å². The van der Waals surface area contributed by atoms with Gasteiger partial charge in [-0.05, 0) is 24.5 Å². The first-order valence-electron chi connectivity index (χ1n) is 5.54. The molecule has 0 radical (unpaired) electrons. The molecule has 1 spiro atoms. The summed E-state index contributed by atoms with van der Waals surface area (Å²) in [6, 6.07) is 3.66. The van der Waals surface area contributed by atoms with Crippen LogP contribution in [0, 0.1) is 0 Å². The van der Waals surface area contributed by atoms with E-state index < -0.39 is 5.79 Å². The lowest BCUT2D eigenvalue weighted by Crippen LogP contribution is -2.45. The number of fused-ring (bicyclic) bond motifs is 1. The zero-order valence-electron chi connectivity index (χ0n) is 8.83. The minimum atomic E-state index is -0.413. The van der Waals surface area contributed by atoms with Crippen LogP contribution in [0.2, 0.25) is 5.02 Å². The number of rotatable bonds is 2. The Morgan fingerprint density at radius 1 is 1.25 bits per heavy atom. The Bertz CT molecular complexity index is 427. The Hall–Kier alpha value is -0.930. The molecule has 1 aromatic rings. The molecule has 0 aromatic heterocycles. The van der Waals surface area contributed by atoms with Crippen molar-refractivity contribution in [2.75, 3.05) is 6.61 Å². The van der Waals surface area contributed by atoms with Gasteiger partial charge in [0, 0.05) is 30.5 Å². The number of aliphatic hydroxyl groups excluding tert-OH is 1. The minimum absolute atomic E-state index is 0.0878. The lowest BCUT2D eigenvalue weighted by Gasteiger charge is -2.35. The fourth-order valence-corrected chi connectivity index (χ4v) is 2.39. The van der Waals surface area contributed by atoms with Crippen LogP contribution in [-0.2, 0) is 6.42 Å². The van der Waals surface area contributed by atoms with Gasteiger partial charge in [0.15, 0.2) is 11.5 Å². The maximum atomic E-state index is 8.92. The molecule has 3 rings (SSSR count). The molecule has 1 aromatic carbocycles. The zero-order valence-corrected chi connectivity index (χ0v) is 9.59. The van der Waals surface area contributed by atoms with E-state index in [2.05, 4.69) is 0 Å². The van der Waals surface area contributed by atoms with Gasteiger partial charge < -0.3 is 14.6 Å². The van der Waals surface area contributed by atoms with Crippen LogP contribution in [0.1, 0.15) is 24.8 Å². The molecule has 1 aliphatic carbocycles. The van der Waals surface area contributed by atoms with E-state index in [1.165, 1.54) is 0 Å². The molecule has 0 bridgehead atoms. The Morgan fingerprint density at radius 2 is 1.94 bits per heavy atom. The topological polar surface area (TPSA) is 38.7 Å². The predicted octanol–water partition coefficient (Wildman–Crippen LogP) is 2.53. The predicted molar refractivity (Wildman–Crippen MR) is 60.1 cm³/mol. The summed E-state index contributed by atoms with van der Waals surface area (Å²) in [5.74, 6) is 1.07. The van der Waals surface area contributed by atoms with Crippen LogP contribution in [-0.4, -0.2) is 17.5 Å². The average molecular weight is 241 g/mol. The molecular formula is C12H13ClO3. The number of benzene rings is 1. The van der Waals surface area contributed by atoms with Crippen molar-refractivity contribution < 1.29 is 14.6 Å². The van der Waals surface area contributed by atoms with Gasteiger partial charge in [-0.15, -0.1) is 0 Å². The average Bonchev–Trinajstić information content (AvgIpc) is 2.57. The Kier molecular flexibility index (Phi) is 2.26. The first kappa shape index (κ1) is 10.2. The lowest BCUT2D eigenvalue weighted by molar-refractivity contribution is -0.138. The van der Waals surface area contributed by atoms with Crippen LogP contribution < -0.4 is 9.47 Å². The minimum Gasteiger partial charge on any atom is -0.448 e. The van der Waals surface area contributed by atoms with Crippen LogP contribution in [0.3, 0.4) is 0 Å². The van der Waals surface area contributed by atoms with Gasteiger partial charge in [0.05, 0.1) is 0 Å². The molecule has 3 nitrogen and oxygen atoms in total. The van der Waals surface area contributed by atoms with Crippen LogP contribution >= 0.6 is 11.6 Å². The summed E-state index contributed by atoms with van der Waals surface area (Å²) in [7, 11) is 0. The molecule has 4 heteroatoms. The Balaban J connectivity index is 1.93. The third-order valence-electron chi connectivity index (χ3n) is 3.20. The van der Waals surface area contributed by atoms with Crippen LogP contribution in [0.15, 0.2) is 12.1 Å². The standard InChI is InChI=1S/C12H13ClO3/c13-9-7-11-10(6-8(9)2-5-14)15-12(16-11)3-1-4-12/h6-7,14H,1-5H2. The second-order valence-corrected chi connectivity index (χ2v) is 4.74. The normalized spacial score (nSPS) is 19.9. The van der Waals surface area contributed by atoms with E-state index in [9.17, 15) is 0 Å². The SMILES string of the molecule is OCCc1cc2c(cc1Cl)OC1(CCC1)O2. The van der Waals surface area contributed by atoms with Gasteiger partial charge in [-0.3, -0.25) is 0 Å². The second kappa shape index (κ2) is 3.54. The number of halogens is 1. The van der Waals surface area contributed by atoms with E-state index in [-0.39, 0.29) is 6.61 Å². The van der Waals surface area contributed by atoms with Gasteiger partial charge >= 0.3 is 0 Å². The van der Waals surface area contributed by atoms with Crippen molar-refractivity contribution in [1.82, 2.24) is 0 Å². The number of hydrogen-bond donors (Lipinski definition) is 1. The largest absolute Gasteiger partial charge is 0.448 e. The van der Waals surface area contributed by atoms with Crippen molar-refractivity contribution in [3.05, 3.63) is 22.7 Å². The highest BCUT2D eigenvalue weighted by Crippen LogP contribution is 2.49. The van der Waals surface area contributed by atoms with Gasteiger partial charge in [0.25, 0.3) is 5.79 Å². The maximum Gasteiger partial charge on any atom is 0.251 e. The summed E-state index contributed by atoms with van der Waals surface area (Å²) in [6.07, 6.45) is 3.57. The van der Waals surface area contributed by atoms with E-state index in [1.807, 2.05) is 6.07 Å². The van der Waals surface area contributed by atoms with Crippen LogP contribution in [0.5, 0.6) is 11.5 Å². The summed E-state index contributed by atoms with van der Waals surface area (Å²) >= 11 is 6.09. The van der Waals surface area contributed by atoms with Crippen molar-refractivity contribution >= 4 is 11.6 Å². The summed E-state index contributed by atoms with van der Waals surface area (Å²) in [5.41, 5.74) is 0.905. The fourth-order valence-electron chi connectivity index (χ4n) is 2.14. The second-order valence-electron chi connectivity index (χ2n) is 4.33. The summed E-state index contributed by atoms with van der Waals surface area (Å²) in [5, 5.41) is 9.55. The van der Waals surface area contributed by atoms with Gasteiger partial charge in [-0.2, -0.15) is 0 Å². The number of aliphatic hydroxyl groups is 1. The van der Waals surface area contributed by atoms with Crippen molar-refractivity contribution in [2.24, 2.45) is 0 Å². The summed E-state index contributed by atoms with van der Waals surface area (Å²) < 4.78 is 11.6. The van der Waals surface area contributed by atoms with Crippen molar-refractivity contribution in [3.63, 3.8) is 0 Å². The van der Waals surface area contributed by atoms with E-state index in [0.29, 0.717) is 11.4 Å². The van der Waals surface area contributed by atoms with Gasteiger partial charge in [-0.25, -0.2) is 0 Å². The van der Waals surface area contributed by atoms with E-state index >= 15 is 0 Å². The molecule has 0 unspecified atom stereocenters. The maximum absolute atomic E-state index is 8.92. The number of ether oxygens (including phenoxy) is 2. The summed E-state index contributed by atoms with van der Waals surface area (Å²) in [6.45, 7) is 0.0878. The molecule has 1 fully saturated rings. The molecule has 1 N–H and O–H groups in total. The Morgan fingerprint density at radius 3 is 2.50 bits per heavy atom. The smallest absolute Gasteiger partial charge is 0.251 e. The molecule has 1 aliphatic heterocycles. The molecule has 0 saturated heterocycles. The molecule has 1 heterocycles. The van der Waals surface area contributed by atoms with Gasteiger partial charge in [0.1, 0.15) is 0 Å². The van der Waals surface area contributed by atoms with E-state index in [0.717, 1.165) is 36.3 Å². The molecule has 0 amide bonds. The zero-order chi connectivity index (χ0) is 11.2. The molecule has 0 atom stereocenters. The molecule has 16 heavy (non-hydrogen) atoms. The van der Waals surface area contributed by atoms with Crippen molar-refractivity contribution in [2.45, 2.75) is 31.5 Å². The van der Waals surface area contributed by atoms with E-state index in [1.54, 1.807) is 6.07 Å². The van der Waals surface area contributed by atoms with E-state index in [4.69, 9.17) is 26.2 Å². The van der Waals surface area contributed by atoms with Gasteiger partial charge in [0.2, 0.25) is 0 Å². The van der Waals surface area contributed by atoms with Gasteiger partial charge in [-0.1, -0.05) is 11.6 Å². The molecule has 1 saturated carbocycles. The highest BCUT2D eigenvalue weighted by atomic mass is 35.5. The third-order valence-corrected chi connectivity index (χ3v) is 3.55. The number of hydrogen-bond acceptors (Lipinski definition) is 3. The molecular weight excluding hydrogens is 228 g/mol. The first-order valence-corrected chi connectivity index (χ1v) is 5.92. The molecule has 86 valence electrons. The first-order chi connectivity index (χ1) is 7.72. The highest BCUT2D eigenvalue weighted by molar-refractivity contribution is 6.31. The third kappa shape index (κ3) is 1.46. The molecule has 2 aliphatic rings. The summed E-state index contributed by atoms with van der Waals surface area (Å²) in [4.78, 5) is 0. The lowest BCUT2D eigenvalue weighted by atomic mass is 9.91. The quantitative estimate of drug-likeness (QED) is 0.863. The fraction of sp³-hybridized carbons (Fsp3) is 0.500. The highest BCUT2D eigenvalue weighted by Gasteiger charge is 2.47. The van der Waals surface area contributed by atoms with Crippen LogP contribution in [0.4, 0.5) is 0 Å². The monoisotopic (exact) mass is 240 g/mol. The van der Waals surface area contributed by atoms with Crippen molar-refractivity contribution in [1.29, 1.82) is 0 Å². The van der Waals surface area contributed by atoms with Crippen molar-refractivity contribution in [3.8, 4) is 11.5 Å². The van der Waals surface area contributed by atoms with Crippen LogP contribution in [0.25, 0.3) is 0 Å².